The second-order valence-electron chi connectivity index (χ2n) is 6.10. The first-order valence-electron chi connectivity index (χ1n) is 8.67. The van der Waals surface area contributed by atoms with Gasteiger partial charge in [-0.3, -0.25) is 19.0 Å². The third kappa shape index (κ3) is 4.07. The van der Waals surface area contributed by atoms with Gasteiger partial charge in [0.05, 0.1) is 22.1 Å². The van der Waals surface area contributed by atoms with Crippen molar-refractivity contribution in [3.63, 3.8) is 0 Å². The molecule has 0 saturated heterocycles. The predicted octanol–water partition coefficient (Wildman–Crippen LogP) is 2.71. The van der Waals surface area contributed by atoms with Gasteiger partial charge in [-0.1, -0.05) is 18.5 Å². The maximum Gasteiger partial charge on any atom is 0.273 e. The molecule has 1 atom stereocenters. The maximum atomic E-state index is 12.7. The van der Waals surface area contributed by atoms with Crippen LogP contribution in [0.15, 0.2) is 6.20 Å². The fraction of sp³-hybridized carbons (Fsp3) is 0.529. The summed E-state index contributed by atoms with van der Waals surface area (Å²) in [6, 6.07) is -0.585. The first-order chi connectivity index (χ1) is 12.3. The summed E-state index contributed by atoms with van der Waals surface area (Å²) in [7, 11) is 0. The molecular weight excluding hydrogens is 356 g/mol. The molecule has 2 N–H and O–H groups in total. The lowest BCUT2D eigenvalue weighted by Crippen LogP contribution is -2.28. The van der Waals surface area contributed by atoms with Crippen LogP contribution in [-0.4, -0.2) is 37.9 Å². The number of carbonyl (C=O) groups excluding carboxylic acids is 2. The Morgan fingerprint density at radius 3 is 2.50 bits per heavy atom. The molecule has 0 aliphatic rings. The zero-order valence-electron chi connectivity index (χ0n) is 15.8. The summed E-state index contributed by atoms with van der Waals surface area (Å²) < 4.78 is 3.19. The summed E-state index contributed by atoms with van der Waals surface area (Å²) in [4.78, 5) is 25.0. The number of carbonyl (C=O) groups is 2. The minimum Gasteiger partial charge on any atom is -0.351 e. The van der Waals surface area contributed by atoms with Crippen LogP contribution >= 0.6 is 11.6 Å². The number of halogens is 1. The Morgan fingerprint density at radius 2 is 1.96 bits per heavy atom. The molecule has 0 aliphatic carbocycles. The minimum atomic E-state index is -0.585. The second-order valence-corrected chi connectivity index (χ2v) is 6.48. The first kappa shape index (κ1) is 20.0. The van der Waals surface area contributed by atoms with Gasteiger partial charge in [0.1, 0.15) is 6.04 Å². The monoisotopic (exact) mass is 380 g/mol. The van der Waals surface area contributed by atoms with Crippen LogP contribution in [0.1, 0.15) is 55.1 Å². The molecule has 0 saturated carbocycles. The highest BCUT2D eigenvalue weighted by molar-refractivity contribution is 6.31. The van der Waals surface area contributed by atoms with Gasteiger partial charge in [-0.2, -0.15) is 10.2 Å². The zero-order chi connectivity index (χ0) is 19.4. The number of aryl methyl sites for hydroxylation is 2. The Hall–Kier alpha value is -2.35. The van der Waals surface area contributed by atoms with Gasteiger partial charge < -0.3 is 10.6 Å². The zero-order valence-corrected chi connectivity index (χ0v) is 16.5. The average molecular weight is 381 g/mol. The van der Waals surface area contributed by atoms with Crippen LogP contribution in [0.3, 0.4) is 0 Å². The van der Waals surface area contributed by atoms with Gasteiger partial charge in [0, 0.05) is 19.3 Å². The van der Waals surface area contributed by atoms with Crippen molar-refractivity contribution in [3.8, 4) is 0 Å². The number of rotatable bonds is 7. The van der Waals surface area contributed by atoms with Crippen LogP contribution in [-0.2, 0) is 11.3 Å². The summed E-state index contributed by atoms with van der Waals surface area (Å²) in [6.07, 6.45) is 2.47. The number of nitrogens with zero attached hydrogens (tertiary/aromatic N) is 4. The van der Waals surface area contributed by atoms with Gasteiger partial charge in [-0.15, -0.1) is 0 Å². The molecule has 142 valence electrons. The SMILES string of the molecule is CCCNC(=O)c1nn(CC)cc1NC(=O)C(C)n1nc(C)c(Cl)c1C. The van der Waals surface area contributed by atoms with Crippen LogP contribution < -0.4 is 10.6 Å². The summed E-state index contributed by atoms with van der Waals surface area (Å²) in [6.45, 7) is 10.3. The molecule has 0 radical (unpaired) electrons. The second kappa shape index (κ2) is 8.35. The molecular formula is C17H25ClN6O2. The van der Waals surface area contributed by atoms with E-state index in [0.717, 1.165) is 12.1 Å². The van der Waals surface area contributed by atoms with E-state index in [1.165, 1.54) is 0 Å². The van der Waals surface area contributed by atoms with Crippen molar-refractivity contribution in [2.75, 3.05) is 11.9 Å². The largest absolute Gasteiger partial charge is 0.351 e. The summed E-state index contributed by atoms with van der Waals surface area (Å²) in [5.74, 6) is -0.608. The molecule has 2 aromatic rings. The Labute approximate surface area is 157 Å². The Kier molecular flexibility index (Phi) is 6.42. The highest BCUT2D eigenvalue weighted by Crippen LogP contribution is 2.23. The molecule has 0 spiro atoms. The Bertz CT molecular complexity index is 811. The van der Waals surface area contributed by atoms with Crippen molar-refractivity contribution in [1.82, 2.24) is 24.9 Å². The molecule has 9 heteroatoms. The molecule has 26 heavy (non-hydrogen) atoms. The Balaban J connectivity index is 2.23. The fourth-order valence-corrected chi connectivity index (χ4v) is 2.66. The van der Waals surface area contributed by atoms with E-state index in [4.69, 9.17) is 11.6 Å². The number of anilines is 1. The number of amides is 2. The van der Waals surface area contributed by atoms with E-state index >= 15 is 0 Å². The number of aromatic nitrogens is 4. The van der Waals surface area contributed by atoms with Gasteiger partial charge in [-0.25, -0.2) is 0 Å². The minimum absolute atomic E-state index is 0.201. The summed E-state index contributed by atoms with van der Waals surface area (Å²) in [5, 5.41) is 14.7. The molecule has 2 rings (SSSR count). The molecule has 1 unspecified atom stereocenters. The van der Waals surface area contributed by atoms with Crippen molar-refractivity contribution in [3.05, 3.63) is 28.3 Å². The van der Waals surface area contributed by atoms with E-state index in [0.29, 0.717) is 29.5 Å². The van der Waals surface area contributed by atoms with Gasteiger partial charge in [-0.05, 0) is 34.1 Å². The van der Waals surface area contributed by atoms with Crippen LogP contribution in [0.25, 0.3) is 0 Å². The van der Waals surface area contributed by atoms with E-state index in [9.17, 15) is 9.59 Å². The number of nitrogens with one attached hydrogen (secondary N) is 2. The smallest absolute Gasteiger partial charge is 0.273 e. The van der Waals surface area contributed by atoms with E-state index in [2.05, 4.69) is 20.8 Å². The van der Waals surface area contributed by atoms with E-state index in [-0.39, 0.29) is 17.5 Å². The molecule has 0 aromatic carbocycles. The molecule has 2 heterocycles. The number of hydrogen-bond acceptors (Lipinski definition) is 4. The van der Waals surface area contributed by atoms with Crippen molar-refractivity contribution in [1.29, 1.82) is 0 Å². The highest BCUT2D eigenvalue weighted by atomic mass is 35.5. The number of hydrogen-bond donors (Lipinski definition) is 2. The quantitative estimate of drug-likeness (QED) is 0.772. The lowest BCUT2D eigenvalue weighted by atomic mass is 10.2. The molecule has 0 fully saturated rings. The van der Waals surface area contributed by atoms with Gasteiger partial charge in [0.25, 0.3) is 5.91 Å². The molecule has 8 nitrogen and oxygen atoms in total. The van der Waals surface area contributed by atoms with Gasteiger partial charge >= 0.3 is 0 Å². The first-order valence-corrected chi connectivity index (χ1v) is 9.05. The average Bonchev–Trinajstić information content (AvgIpc) is 3.15. The Morgan fingerprint density at radius 1 is 1.27 bits per heavy atom. The van der Waals surface area contributed by atoms with E-state index < -0.39 is 6.04 Å². The van der Waals surface area contributed by atoms with Crippen molar-refractivity contribution < 1.29 is 9.59 Å². The molecule has 2 aromatic heterocycles. The van der Waals surface area contributed by atoms with E-state index in [1.807, 2.05) is 20.8 Å². The lowest BCUT2D eigenvalue weighted by Gasteiger charge is -2.14. The predicted molar refractivity (Wildman–Crippen MR) is 101 cm³/mol. The normalized spacial score (nSPS) is 12.1. The summed E-state index contributed by atoms with van der Waals surface area (Å²) in [5.41, 5.74) is 1.97. The van der Waals surface area contributed by atoms with Crippen LogP contribution in [0.2, 0.25) is 5.02 Å². The maximum absolute atomic E-state index is 12.7. The summed E-state index contributed by atoms with van der Waals surface area (Å²) >= 11 is 6.16. The van der Waals surface area contributed by atoms with Crippen molar-refractivity contribution >= 4 is 29.1 Å². The highest BCUT2D eigenvalue weighted by Gasteiger charge is 2.24. The third-order valence-electron chi connectivity index (χ3n) is 4.08. The van der Waals surface area contributed by atoms with Gasteiger partial charge in [0.15, 0.2) is 5.69 Å². The molecule has 0 aliphatic heterocycles. The molecule has 2 amide bonds. The van der Waals surface area contributed by atoms with Crippen molar-refractivity contribution in [2.45, 2.75) is 53.6 Å². The van der Waals surface area contributed by atoms with Crippen molar-refractivity contribution in [2.24, 2.45) is 0 Å². The third-order valence-corrected chi connectivity index (χ3v) is 4.62. The van der Waals surface area contributed by atoms with Gasteiger partial charge in [0.2, 0.25) is 5.91 Å². The molecule has 0 bridgehead atoms. The topological polar surface area (TPSA) is 93.8 Å². The standard InChI is InChI=1S/C17H25ClN6O2/c1-6-8-19-17(26)15-13(9-23(7-2)22-15)20-16(25)12(5)24-11(4)14(18)10(3)21-24/h9,12H,6-8H2,1-5H3,(H,19,26)(H,20,25). The van der Waals surface area contributed by atoms with Crippen LogP contribution in [0.5, 0.6) is 0 Å². The fourth-order valence-electron chi connectivity index (χ4n) is 2.53. The lowest BCUT2D eigenvalue weighted by molar-refractivity contribution is -0.119. The van der Waals surface area contributed by atoms with Crippen LogP contribution in [0.4, 0.5) is 5.69 Å². The van der Waals surface area contributed by atoms with Crippen LogP contribution in [0, 0.1) is 13.8 Å². The van der Waals surface area contributed by atoms with E-state index in [1.54, 1.807) is 29.4 Å².